The summed E-state index contributed by atoms with van der Waals surface area (Å²) in [6.45, 7) is 18.3. The van der Waals surface area contributed by atoms with Gasteiger partial charge in [0.15, 0.2) is 5.76 Å². The molecule has 0 fully saturated rings. The first-order valence-electron chi connectivity index (χ1n) is 9.07. The second kappa shape index (κ2) is 9.71. The highest BCUT2D eigenvalue weighted by molar-refractivity contribution is 7.91. The van der Waals surface area contributed by atoms with Crippen LogP contribution in [-0.4, -0.2) is 29.7 Å². The minimum Gasteiger partial charge on any atom is -0.591 e. The quantitative estimate of drug-likeness (QED) is 0.146. The molecule has 28 heavy (non-hydrogen) atoms. The molecule has 0 aliphatic carbocycles. The molecule has 0 aromatic heterocycles. The van der Waals surface area contributed by atoms with Gasteiger partial charge in [-0.2, -0.15) is 0 Å². The Kier molecular flexibility index (Phi) is 9.39. The molecule has 0 bridgehead atoms. The lowest BCUT2D eigenvalue weighted by atomic mass is 10.2. The maximum atomic E-state index is 13.1. The SMILES string of the molecule is C/C=C\C(O[Si](C)(C)C(C)(C)C)=C(/C/C(C)=N/[S@+]([O-])C(C)(C)C)OC(F)(F)F. The molecule has 1 atom stereocenters. The smallest absolute Gasteiger partial charge is 0.572 e. The molecule has 9 heteroatoms. The number of nitrogens with zero attached hydrogens (tertiary/aromatic N) is 1. The van der Waals surface area contributed by atoms with Crippen molar-refractivity contribution in [2.75, 3.05) is 0 Å². The molecule has 0 saturated heterocycles. The number of hydrogen-bond acceptors (Lipinski definition) is 4. The van der Waals surface area contributed by atoms with Crippen molar-refractivity contribution >= 4 is 25.4 Å². The van der Waals surface area contributed by atoms with E-state index in [2.05, 4.69) is 9.13 Å². The minimum atomic E-state index is -4.87. The fourth-order valence-electron chi connectivity index (χ4n) is 1.62. The summed E-state index contributed by atoms with van der Waals surface area (Å²) in [5.41, 5.74) is 0.272. The standard InChI is InChI=1S/C19H34F3NO3SSi/c1-11-12-15(26-28(9,10)18(6,7)8)16(25-19(20,21)22)13-14(2)23-27(24)17(3,4)5/h11-12H,13H2,1-10H3/b12-11-,16-15-,23-14+/t27-/m1/s1. The number of alkyl halides is 3. The van der Waals surface area contributed by atoms with Gasteiger partial charge in [0.1, 0.15) is 21.9 Å². The first kappa shape index (κ1) is 27.1. The van der Waals surface area contributed by atoms with Gasteiger partial charge in [-0.05, 0) is 58.8 Å². The van der Waals surface area contributed by atoms with Crippen molar-refractivity contribution in [1.29, 1.82) is 0 Å². The van der Waals surface area contributed by atoms with Gasteiger partial charge in [-0.15, -0.1) is 13.2 Å². The summed E-state index contributed by atoms with van der Waals surface area (Å²) in [6, 6.07) is 0. The molecule has 0 aromatic carbocycles. The predicted octanol–water partition coefficient (Wildman–Crippen LogP) is 6.65. The lowest BCUT2D eigenvalue weighted by molar-refractivity contribution is -0.306. The molecule has 0 spiro atoms. The highest BCUT2D eigenvalue weighted by Gasteiger charge is 2.41. The third kappa shape index (κ3) is 9.51. The summed E-state index contributed by atoms with van der Waals surface area (Å²) < 4.78 is 65.2. The normalized spacial score (nSPS) is 16.9. The lowest BCUT2D eigenvalue weighted by Crippen LogP contribution is -2.40. The third-order valence-electron chi connectivity index (χ3n) is 4.18. The first-order chi connectivity index (χ1) is 12.3. The number of halogens is 3. The Balaban J connectivity index is 6.14. The Morgan fingerprint density at radius 2 is 1.61 bits per heavy atom. The van der Waals surface area contributed by atoms with Crippen molar-refractivity contribution in [3.63, 3.8) is 0 Å². The largest absolute Gasteiger partial charge is 0.591 e. The van der Waals surface area contributed by atoms with Gasteiger partial charge < -0.3 is 13.7 Å². The fraction of sp³-hybridized carbons (Fsp3) is 0.737. The van der Waals surface area contributed by atoms with Gasteiger partial charge >= 0.3 is 6.36 Å². The number of ether oxygens (including phenoxy) is 1. The summed E-state index contributed by atoms with van der Waals surface area (Å²) in [5.74, 6) is -0.356. The van der Waals surface area contributed by atoms with Crippen LogP contribution in [0.15, 0.2) is 28.1 Å². The Morgan fingerprint density at radius 1 is 1.11 bits per heavy atom. The van der Waals surface area contributed by atoms with E-state index >= 15 is 0 Å². The second-order valence-corrected chi connectivity index (χ2v) is 15.7. The summed E-state index contributed by atoms with van der Waals surface area (Å²) in [5, 5.41) is -0.208. The fourth-order valence-corrected chi connectivity index (χ4v) is 3.28. The molecule has 0 aliphatic heterocycles. The second-order valence-electron chi connectivity index (χ2n) is 9.06. The molecule has 0 aromatic rings. The van der Waals surface area contributed by atoms with E-state index in [9.17, 15) is 17.7 Å². The average Bonchev–Trinajstić information content (AvgIpc) is 2.42. The molecular formula is C19H34F3NO3SSi. The predicted molar refractivity (Wildman–Crippen MR) is 113 cm³/mol. The molecular weight excluding hydrogens is 407 g/mol. The van der Waals surface area contributed by atoms with E-state index in [4.69, 9.17) is 4.43 Å². The monoisotopic (exact) mass is 441 g/mol. The van der Waals surface area contributed by atoms with Crippen molar-refractivity contribution in [2.24, 2.45) is 4.40 Å². The van der Waals surface area contributed by atoms with Gasteiger partial charge in [-0.25, -0.2) is 0 Å². The van der Waals surface area contributed by atoms with E-state index in [1.54, 1.807) is 33.8 Å². The van der Waals surface area contributed by atoms with Crippen LogP contribution in [0.4, 0.5) is 13.2 Å². The topological polar surface area (TPSA) is 53.9 Å². The van der Waals surface area contributed by atoms with Crippen molar-refractivity contribution < 1.29 is 26.9 Å². The maximum Gasteiger partial charge on any atom is 0.572 e. The average molecular weight is 442 g/mol. The molecule has 0 aliphatic rings. The van der Waals surface area contributed by atoms with Crippen LogP contribution in [0.1, 0.15) is 61.8 Å². The minimum absolute atomic E-state index is 0.0301. The Morgan fingerprint density at radius 3 is 1.96 bits per heavy atom. The summed E-state index contributed by atoms with van der Waals surface area (Å²) in [6.07, 6.45) is -2.06. The highest BCUT2D eigenvalue weighted by atomic mass is 32.2. The molecule has 0 radical (unpaired) electrons. The third-order valence-corrected chi connectivity index (χ3v) is 10.0. The van der Waals surface area contributed by atoms with Crippen molar-refractivity contribution in [3.8, 4) is 0 Å². The van der Waals surface area contributed by atoms with Gasteiger partial charge in [0.25, 0.3) is 8.32 Å². The zero-order chi connectivity index (χ0) is 22.6. The van der Waals surface area contributed by atoms with Gasteiger partial charge in [-0.3, -0.25) is 0 Å². The van der Waals surface area contributed by atoms with Crippen molar-refractivity contribution in [1.82, 2.24) is 0 Å². The van der Waals surface area contributed by atoms with E-state index < -0.39 is 30.8 Å². The lowest BCUT2D eigenvalue weighted by Gasteiger charge is -2.37. The van der Waals surface area contributed by atoms with Crippen molar-refractivity contribution in [2.45, 2.75) is 91.1 Å². The molecule has 0 N–H and O–H groups in total. The van der Waals surface area contributed by atoms with E-state index in [-0.39, 0.29) is 28.7 Å². The van der Waals surface area contributed by atoms with Crippen LogP contribution >= 0.6 is 0 Å². The van der Waals surface area contributed by atoms with Crippen LogP contribution in [0.25, 0.3) is 0 Å². The number of allylic oxidation sites excluding steroid dienone is 3. The van der Waals surface area contributed by atoms with E-state index in [0.29, 0.717) is 0 Å². The van der Waals surface area contributed by atoms with E-state index in [1.165, 1.54) is 13.0 Å². The van der Waals surface area contributed by atoms with Gasteiger partial charge in [0.05, 0.1) is 12.1 Å². The molecule has 164 valence electrons. The van der Waals surface area contributed by atoms with Crippen LogP contribution in [0.2, 0.25) is 18.1 Å². The molecule has 0 rings (SSSR count). The zero-order valence-corrected chi connectivity index (χ0v) is 20.4. The van der Waals surface area contributed by atoms with Gasteiger partial charge in [-0.1, -0.05) is 31.2 Å². The Bertz CT molecular complexity index is 615. The van der Waals surface area contributed by atoms with Crippen LogP contribution < -0.4 is 0 Å². The van der Waals surface area contributed by atoms with Crippen molar-refractivity contribution in [3.05, 3.63) is 23.7 Å². The summed E-state index contributed by atoms with van der Waals surface area (Å²) >= 11 is -1.58. The Labute approximate surface area is 171 Å². The molecule has 0 heterocycles. The number of rotatable bonds is 7. The first-order valence-corrected chi connectivity index (χ1v) is 13.1. The van der Waals surface area contributed by atoms with Crippen LogP contribution in [0.5, 0.6) is 0 Å². The van der Waals surface area contributed by atoms with E-state index in [0.717, 1.165) is 0 Å². The summed E-state index contributed by atoms with van der Waals surface area (Å²) in [4.78, 5) is 0. The van der Waals surface area contributed by atoms with Crippen LogP contribution in [-0.2, 0) is 20.5 Å². The maximum absolute atomic E-state index is 13.1. The molecule has 0 amide bonds. The van der Waals surface area contributed by atoms with Gasteiger partial charge in [0, 0.05) is 0 Å². The molecule has 0 unspecified atom stereocenters. The highest BCUT2D eigenvalue weighted by Crippen LogP contribution is 2.39. The van der Waals surface area contributed by atoms with Gasteiger partial charge in [0.2, 0.25) is 0 Å². The molecule has 4 nitrogen and oxygen atoms in total. The number of hydrogen-bond donors (Lipinski definition) is 0. The van der Waals surface area contributed by atoms with Crippen LogP contribution in [0.3, 0.4) is 0 Å². The van der Waals surface area contributed by atoms with Crippen LogP contribution in [0, 0.1) is 0 Å². The zero-order valence-electron chi connectivity index (χ0n) is 18.6. The Hall–Kier alpha value is -0.933. The van der Waals surface area contributed by atoms with E-state index in [1.807, 2.05) is 33.9 Å². The molecule has 0 saturated carbocycles. The summed E-state index contributed by atoms with van der Waals surface area (Å²) in [7, 11) is -2.41.